The lowest BCUT2D eigenvalue weighted by Gasteiger charge is -2.22. The fraction of sp³-hybridized carbons (Fsp3) is 0.214. The maximum atomic E-state index is 12.5. The predicted molar refractivity (Wildman–Crippen MR) is 139 cm³/mol. The van der Waals surface area contributed by atoms with Crippen LogP contribution in [-0.4, -0.2) is 41.8 Å². The highest BCUT2D eigenvalue weighted by Crippen LogP contribution is 2.31. The smallest absolute Gasteiger partial charge is 0.226 e. The van der Waals surface area contributed by atoms with Crippen LogP contribution >= 0.6 is 0 Å². The zero-order valence-corrected chi connectivity index (χ0v) is 19.6. The lowest BCUT2D eigenvalue weighted by Crippen LogP contribution is -2.32. The Labute approximate surface area is 200 Å². The van der Waals surface area contributed by atoms with Gasteiger partial charge in [0.05, 0.1) is 17.0 Å². The highest BCUT2D eigenvalue weighted by atomic mass is 16.3. The van der Waals surface area contributed by atoms with Crippen molar-refractivity contribution in [3.63, 3.8) is 0 Å². The maximum Gasteiger partial charge on any atom is 0.226 e. The third-order valence-corrected chi connectivity index (χ3v) is 5.78. The van der Waals surface area contributed by atoms with Crippen molar-refractivity contribution in [3.05, 3.63) is 90.0 Å². The van der Waals surface area contributed by atoms with Crippen molar-refractivity contribution in [2.75, 3.05) is 25.0 Å². The van der Waals surface area contributed by atoms with Gasteiger partial charge < -0.3 is 20.3 Å². The Kier molecular flexibility index (Phi) is 7.40. The zero-order valence-electron chi connectivity index (χ0n) is 19.6. The first kappa shape index (κ1) is 23.3. The normalized spacial score (nSPS) is 11.6. The first-order valence-corrected chi connectivity index (χ1v) is 11.6. The molecule has 4 aromatic rings. The van der Waals surface area contributed by atoms with Crippen LogP contribution in [0.4, 0.5) is 11.4 Å². The van der Waals surface area contributed by atoms with Crippen molar-refractivity contribution in [3.8, 4) is 5.88 Å². The molecule has 0 fully saturated rings. The summed E-state index contributed by atoms with van der Waals surface area (Å²) < 4.78 is 0. The lowest BCUT2D eigenvalue weighted by atomic mass is 10.0. The summed E-state index contributed by atoms with van der Waals surface area (Å²) >= 11 is 0. The van der Waals surface area contributed by atoms with Crippen LogP contribution in [0, 0.1) is 0 Å². The second-order valence-electron chi connectivity index (χ2n) is 8.09. The van der Waals surface area contributed by atoms with Gasteiger partial charge in [-0.1, -0.05) is 55.5 Å². The van der Waals surface area contributed by atoms with E-state index in [1.807, 2.05) is 97.7 Å². The molecular weight excluding hydrogens is 424 g/mol. The van der Waals surface area contributed by atoms with Crippen LogP contribution in [0.1, 0.15) is 30.9 Å². The number of H-pyrrole nitrogens is 1. The molecule has 34 heavy (non-hydrogen) atoms. The SMILES string of the molecule is CCC(=O)N(CCCNC)c1ccc(N=C(c2ccccc2)c2c(O)[nH]c3ccccc23)cc1. The molecular formula is C28H30N4O2. The molecule has 0 atom stereocenters. The number of benzene rings is 3. The van der Waals surface area contributed by atoms with E-state index in [4.69, 9.17) is 4.99 Å². The summed E-state index contributed by atoms with van der Waals surface area (Å²) in [7, 11) is 1.91. The number of aliphatic imine (C=N–C) groups is 1. The van der Waals surface area contributed by atoms with Crippen molar-refractivity contribution >= 4 is 33.9 Å². The quantitative estimate of drug-likeness (QED) is 0.234. The number of hydrogen-bond acceptors (Lipinski definition) is 4. The van der Waals surface area contributed by atoms with E-state index in [2.05, 4.69) is 10.3 Å². The number of para-hydroxylation sites is 1. The van der Waals surface area contributed by atoms with Gasteiger partial charge in [-0.05, 0) is 50.3 Å². The van der Waals surface area contributed by atoms with Crippen LogP contribution in [0.15, 0.2) is 83.9 Å². The Morgan fingerprint density at radius 1 is 1.00 bits per heavy atom. The molecule has 0 bridgehead atoms. The molecule has 0 aliphatic heterocycles. The summed E-state index contributed by atoms with van der Waals surface area (Å²) in [4.78, 5) is 22.3. The summed E-state index contributed by atoms with van der Waals surface area (Å²) in [5.74, 6) is 0.186. The van der Waals surface area contributed by atoms with Crippen LogP contribution in [0.2, 0.25) is 0 Å². The van der Waals surface area contributed by atoms with E-state index < -0.39 is 0 Å². The van der Waals surface area contributed by atoms with Crippen molar-refractivity contribution in [2.45, 2.75) is 19.8 Å². The summed E-state index contributed by atoms with van der Waals surface area (Å²) in [5, 5.41) is 14.8. The Hall–Kier alpha value is -3.90. The first-order chi connectivity index (χ1) is 16.6. The van der Waals surface area contributed by atoms with Gasteiger partial charge in [-0.2, -0.15) is 0 Å². The molecule has 1 aromatic heterocycles. The molecule has 0 saturated carbocycles. The minimum atomic E-state index is 0.0877. The van der Waals surface area contributed by atoms with Gasteiger partial charge in [-0.15, -0.1) is 0 Å². The molecule has 0 saturated heterocycles. The van der Waals surface area contributed by atoms with Crippen molar-refractivity contribution < 1.29 is 9.90 Å². The number of carbonyl (C=O) groups excluding carboxylic acids is 1. The van der Waals surface area contributed by atoms with Gasteiger partial charge in [0.25, 0.3) is 0 Å². The lowest BCUT2D eigenvalue weighted by molar-refractivity contribution is -0.118. The number of aromatic amines is 1. The van der Waals surface area contributed by atoms with Gasteiger partial charge in [0, 0.05) is 35.1 Å². The number of nitrogens with one attached hydrogen (secondary N) is 2. The second kappa shape index (κ2) is 10.8. The van der Waals surface area contributed by atoms with E-state index in [9.17, 15) is 9.90 Å². The van der Waals surface area contributed by atoms with E-state index in [-0.39, 0.29) is 11.8 Å². The van der Waals surface area contributed by atoms with Crippen molar-refractivity contribution in [1.82, 2.24) is 10.3 Å². The van der Waals surface area contributed by atoms with E-state index in [0.717, 1.165) is 40.8 Å². The van der Waals surface area contributed by atoms with Crippen LogP contribution in [0.5, 0.6) is 5.88 Å². The second-order valence-corrected chi connectivity index (χ2v) is 8.09. The summed E-state index contributed by atoms with van der Waals surface area (Å²) in [6.45, 7) is 3.39. The van der Waals surface area contributed by atoms with Crippen LogP contribution < -0.4 is 10.2 Å². The molecule has 6 nitrogen and oxygen atoms in total. The van der Waals surface area contributed by atoms with Gasteiger partial charge in [0.1, 0.15) is 0 Å². The molecule has 174 valence electrons. The number of aromatic hydroxyl groups is 1. The monoisotopic (exact) mass is 454 g/mol. The highest BCUT2D eigenvalue weighted by Gasteiger charge is 2.19. The molecule has 1 heterocycles. The standard InChI is InChI=1S/C28H30N4O2/c1-3-25(33)32(19-9-18-29-2)22-16-14-21(15-17-22)30-27(20-10-5-4-6-11-20)26-23-12-7-8-13-24(23)31-28(26)34/h4-8,10-17,29,31,34H,3,9,18-19H2,1-2H3. The van der Waals surface area contributed by atoms with Crippen LogP contribution in [0.25, 0.3) is 10.9 Å². The molecule has 1 amide bonds. The minimum absolute atomic E-state index is 0.0877. The van der Waals surface area contributed by atoms with E-state index in [1.54, 1.807) is 0 Å². The summed E-state index contributed by atoms with van der Waals surface area (Å²) in [6, 6.07) is 25.3. The Morgan fingerprint density at radius 3 is 2.41 bits per heavy atom. The van der Waals surface area contributed by atoms with Crippen LogP contribution in [-0.2, 0) is 4.79 Å². The Balaban J connectivity index is 1.74. The van der Waals surface area contributed by atoms with Gasteiger partial charge in [-0.3, -0.25) is 4.79 Å². The largest absolute Gasteiger partial charge is 0.494 e. The van der Waals surface area contributed by atoms with Gasteiger partial charge in [0.2, 0.25) is 5.91 Å². The average molecular weight is 455 g/mol. The topological polar surface area (TPSA) is 80.7 Å². The van der Waals surface area contributed by atoms with E-state index >= 15 is 0 Å². The number of hydrogen-bond donors (Lipinski definition) is 3. The average Bonchev–Trinajstić information content (AvgIpc) is 3.21. The highest BCUT2D eigenvalue weighted by molar-refractivity contribution is 6.21. The third kappa shape index (κ3) is 5.02. The number of carbonyl (C=O) groups is 1. The Morgan fingerprint density at radius 2 is 1.71 bits per heavy atom. The number of fused-ring (bicyclic) bond motifs is 1. The minimum Gasteiger partial charge on any atom is -0.494 e. The number of rotatable bonds is 9. The predicted octanol–water partition coefficient (Wildman–Crippen LogP) is 5.40. The number of nitrogens with zero attached hydrogens (tertiary/aromatic N) is 2. The molecule has 0 radical (unpaired) electrons. The molecule has 3 aromatic carbocycles. The molecule has 0 spiro atoms. The number of aromatic nitrogens is 1. The summed E-state index contributed by atoms with van der Waals surface area (Å²) in [6.07, 6.45) is 1.33. The fourth-order valence-electron chi connectivity index (χ4n) is 4.07. The zero-order chi connectivity index (χ0) is 23.9. The molecule has 3 N–H and O–H groups in total. The molecule has 0 unspecified atom stereocenters. The van der Waals surface area contributed by atoms with Crippen molar-refractivity contribution in [1.29, 1.82) is 0 Å². The third-order valence-electron chi connectivity index (χ3n) is 5.78. The van der Waals surface area contributed by atoms with E-state index in [0.29, 0.717) is 24.2 Å². The van der Waals surface area contributed by atoms with Crippen molar-refractivity contribution in [2.24, 2.45) is 4.99 Å². The van der Waals surface area contributed by atoms with Gasteiger partial charge in [-0.25, -0.2) is 4.99 Å². The molecule has 0 aliphatic carbocycles. The Bertz CT molecular complexity index is 1280. The molecule has 4 rings (SSSR count). The van der Waals surface area contributed by atoms with Gasteiger partial charge >= 0.3 is 0 Å². The molecule has 6 heteroatoms. The maximum absolute atomic E-state index is 12.5. The van der Waals surface area contributed by atoms with Gasteiger partial charge in [0.15, 0.2) is 5.88 Å². The number of anilines is 1. The molecule has 0 aliphatic rings. The fourth-order valence-corrected chi connectivity index (χ4v) is 4.07. The van der Waals surface area contributed by atoms with Crippen LogP contribution in [0.3, 0.4) is 0 Å². The summed E-state index contributed by atoms with van der Waals surface area (Å²) in [5.41, 5.74) is 4.70. The van der Waals surface area contributed by atoms with E-state index in [1.165, 1.54) is 0 Å². The number of amides is 1. The first-order valence-electron chi connectivity index (χ1n) is 11.6.